The quantitative estimate of drug-likeness (QED) is 0.755. The lowest BCUT2D eigenvalue weighted by Crippen LogP contribution is -2.35. The molecule has 8 heteroatoms. The summed E-state index contributed by atoms with van der Waals surface area (Å²) in [6.45, 7) is 1.71. The number of carbonyl (C=O) groups is 1. The van der Waals surface area contributed by atoms with Gasteiger partial charge < -0.3 is 20.9 Å². The number of nitrogens with zero attached hydrogens (tertiary/aromatic N) is 4. The van der Waals surface area contributed by atoms with Gasteiger partial charge in [0.15, 0.2) is 11.5 Å². The SMILES string of the molecule is CNc1nc(N2CCC(CC(N)=O)CC2)c2[nH]cnc2n1. The molecule has 1 amide bonds. The van der Waals surface area contributed by atoms with E-state index in [2.05, 4.69) is 30.2 Å². The number of hydrogen-bond donors (Lipinski definition) is 3. The smallest absolute Gasteiger partial charge is 0.226 e. The third-order valence-electron chi connectivity index (χ3n) is 3.89. The molecule has 0 radical (unpaired) electrons. The van der Waals surface area contributed by atoms with Gasteiger partial charge in [0.05, 0.1) is 6.33 Å². The molecule has 1 aliphatic heterocycles. The highest BCUT2D eigenvalue weighted by molar-refractivity contribution is 5.84. The standard InChI is InChI=1S/C13H19N7O/c1-15-13-18-11-10(16-7-17-11)12(19-13)20-4-2-8(3-5-20)6-9(14)21/h7-8H,2-6H2,1H3,(H2,14,21)(H2,15,16,17,18,19). The Kier molecular flexibility index (Phi) is 3.59. The van der Waals surface area contributed by atoms with Gasteiger partial charge in [-0.1, -0.05) is 0 Å². The first-order valence-electron chi connectivity index (χ1n) is 7.09. The second kappa shape index (κ2) is 5.55. The van der Waals surface area contributed by atoms with Gasteiger partial charge in [-0.2, -0.15) is 9.97 Å². The summed E-state index contributed by atoms with van der Waals surface area (Å²) in [6, 6.07) is 0. The van der Waals surface area contributed by atoms with E-state index >= 15 is 0 Å². The van der Waals surface area contributed by atoms with Crippen LogP contribution in [0.3, 0.4) is 0 Å². The summed E-state index contributed by atoms with van der Waals surface area (Å²) in [5.74, 6) is 1.58. The number of rotatable bonds is 4. The lowest BCUT2D eigenvalue weighted by Gasteiger charge is -2.32. The van der Waals surface area contributed by atoms with E-state index in [9.17, 15) is 4.79 Å². The highest BCUT2D eigenvalue weighted by Crippen LogP contribution is 2.28. The Morgan fingerprint density at radius 1 is 1.48 bits per heavy atom. The van der Waals surface area contributed by atoms with Crippen LogP contribution in [-0.4, -0.2) is 46.0 Å². The van der Waals surface area contributed by atoms with Crippen molar-refractivity contribution in [3.63, 3.8) is 0 Å². The molecular formula is C13H19N7O. The number of primary amides is 1. The third kappa shape index (κ3) is 2.74. The van der Waals surface area contributed by atoms with Crippen LogP contribution in [-0.2, 0) is 4.79 Å². The molecule has 8 nitrogen and oxygen atoms in total. The fourth-order valence-electron chi connectivity index (χ4n) is 2.79. The number of fused-ring (bicyclic) bond motifs is 1. The zero-order valence-electron chi connectivity index (χ0n) is 12.0. The van der Waals surface area contributed by atoms with Crippen LogP contribution >= 0.6 is 0 Å². The van der Waals surface area contributed by atoms with Gasteiger partial charge in [-0.3, -0.25) is 4.79 Å². The third-order valence-corrected chi connectivity index (χ3v) is 3.89. The van der Waals surface area contributed by atoms with Gasteiger partial charge in [-0.15, -0.1) is 0 Å². The molecule has 2 aromatic heterocycles. The van der Waals surface area contributed by atoms with Crippen molar-refractivity contribution in [3.05, 3.63) is 6.33 Å². The molecule has 3 heterocycles. The molecule has 0 spiro atoms. The van der Waals surface area contributed by atoms with Crippen LogP contribution < -0.4 is 16.0 Å². The Hall–Kier alpha value is -2.38. The topological polar surface area (TPSA) is 113 Å². The van der Waals surface area contributed by atoms with Crippen molar-refractivity contribution in [2.45, 2.75) is 19.3 Å². The van der Waals surface area contributed by atoms with E-state index in [0.29, 0.717) is 23.9 Å². The van der Waals surface area contributed by atoms with E-state index in [-0.39, 0.29) is 5.91 Å². The van der Waals surface area contributed by atoms with Gasteiger partial charge in [0.2, 0.25) is 11.9 Å². The molecule has 2 aromatic rings. The van der Waals surface area contributed by atoms with Crippen molar-refractivity contribution >= 4 is 28.8 Å². The molecule has 1 aliphatic rings. The summed E-state index contributed by atoms with van der Waals surface area (Å²) in [4.78, 5) is 29.4. The Morgan fingerprint density at radius 2 is 2.24 bits per heavy atom. The molecule has 1 fully saturated rings. The highest BCUT2D eigenvalue weighted by atomic mass is 16.1. The summed E-state index contributed by atoms with van der Waals surface area (Å²) in [5, 5.41) is 2.96. The zero-order valence-corrected chi connectivity index (χ0v) is 12.0. The second-order valence-corrected chi connectivity index (χ2v) is 5.32. The molecule has 0 aromatic carbocycles. The lowest BCUT2D eigenvalue weighted by molar-refractivity contribution is -0.119. The molecule has 0 atom stereocenters. The molecule has 21 heavy (non-hydrogen) atoms. The van der Waals surface area contributed by atoms with Gasteiger partial charge in [0, 0.05) is 26.6 Å². The van der Waals surface area contributed by atoms with Gasteiger partial charge >= 0.3 is 0 Å². The minimum absolute atomic E-state index is 0.219. The van der Waals surface area contributed by atoms with E-state index in [1.165, 1.54) is 0 Å². The van der Waals surface area contributed by atoms with Crippen molar-refractivity contribution in [1.82, 2.24) is 19.9 Å². The molecule has 1 saturated heterocycles. The number of nitrogens with one attached hydrogen (secondary N) is 2. The molecule has 4 N–H and O–H groups in total. The Balaban J connectivity index is 1.81. The number of aromatic nitrogens is 4. The van der Waals surface area contributed by atoms with E-state index in [4.69, 9.17) is 5.73 Å². The number of aromatic amines is 1. The van der Waals surface area contributed by atoms with Crippen LogP contribution in [0, 0.1) is 5.92 Å². The number of anilines is 2. The van der Waals surface area contributed by atoms with Crippen LogP contribution in [0.4, 0.5) is 11.8 Å². The van der Waals surface area contributed by atoms with Crippen LogP contribution in [0.5, 0.6) is 0 Å². The lowest BCUT2D eigenvalue weighted by atomic mass is 9.93. The molecule has 0 aliphatic carbocycles. The fraction of sp³-hybridized carbons (Fsp3) is 0.538. The number of carbonyl (C=O) groups excluding carboxylic acids is 1. The maximum Gasteiger partial charge on any atom is 0.226 e. The van der Waals surface area contributed by atoms with Crippen molar-refractivity contribution < 1.29 is 4.79 Å². The average molecular weight is 289 g/mol. The number of imidazole rings is 1. The number of amides is 1. The first-order chi connectivity index (χ1) is 10.2. The molecule has 112 valence electrons. The van der Waals surface area contributed by atoms with E-state index in [0.717, 1.165) is 37.3 Å². The van der Waals surface area contributed by atoms with Crippen molar-refractivity contribution in [1.29, 1.82) is 0 Å². The van der Waals surface area contributed by atoms with Crippen molar-refractivity contribution in [2.24, 2.45) is 11.7 Å². The molecular weight excluding hydrogens is 270 g/mol. The van der Waals surface area contributed by atoms with Gasteiger partial charge in [0.25, 0.3) is 0 Å². The maximum absolute atomic E-state index is 11.0. The van der Waals surface area contributed by atoms with Crippen LogP contribution in [0.2, 0.25) is 0 Å². The van der Waals surface area contributed by atoms with Crippen LogP contribution in [0.25, 0.3) is 11.2 Å². The van der Waals surface area contributed by atoms with Gasteiger partial charge in [-0.05, 0) is 18.8 Å². The molecule has 0 unspecified atom stereocenters. The summed E-state index contributed by atoms with van der Waals surface area (Å²) < 4.78 is 0. The van der Waals surface area contributed by atoms with Crippen LogP contribution in [0.1, 0.15) is 19.3 Å². The van der Waals surface area contributed by atoms with Gasteiger partial charge in [-0.25, -0.2) is 4.98 Å². The van der Waals surface area contributed by atoms with E-state index in [1.54, 1.807) is 13.4 Å². The summed E-state index contributed by atoms with van der Waals surface area (Å²) in [6.07, 6.45) is 3.98. The number of piperidine rings is 1. The summed E-state index contributed by atoms with van der Waals surface area (Å²) >= 11 is 0. The van der Waals surface area contributed by atoms with Crippen LogP contribution in [0.15, 0.2) is 6.33 Å². The van der Waals surface area contributed by atoms with E-state index in [1.807, 2.05) is 0 Å². The molecule has 0 bridgehead atoms. The maximum atomic E-state index is 11.0. The number of H-pyrrole nitrogens is 1. The normalized spacial score (nSPS) is 16.3. The largest absolute Gasteiger partial charge is 0.370 e. The minimum atomic E-state index is -0.219. The Morgan fingerprint density at radius 3 is 2.90 bits per heavy atom. The molecule has 0 saturated carbocycles. The number of hydrogen-bond acceptors (Lipinski definition) is 6. The first kappa shape index (κ1) is 13.6. The predicted octanol–water partition coefficient (Wildman–Crippen LogP) is 0.486. The number of nitrogens with two attached hydrogens (primary N) is 1. The predicted molar refractivity (Wildman–Crippen MR) is 80.0 cm³/mol. The van der Waals surface area contributed by atoms with Crippen molar-refractivity contribution in [3.8, 4) is 0 Å². The van der Waals surface area contributed by atoms with E-state index < -0.39 is 0 Å². The Bertz CT molecular complexity index is 645. The van der Waals surface area contributed by atoms with Crippen molar-refractivity contribution in [2.75, 3.05) is 30.4 Å². The highest BCUT2D eigenvalue weighted by Gasteiger charge is 2.24. The summed E-state index contributed by atoms with van der Waals surface area (Å²) in [5.41, 5.74) is 6.78. The summed E-state index contributed by atoms with van der Waals surface area (Å²) in [7, 11) is 1.79. The van der Waals surface area contributed by atoms with Gasteiger partial charge in [0.1, 0.15) is 5.52 Å². The minimum Gasteiger partial charge on any atom is -0.370 e. The first-order valence-corrected chi connectivity index (χ1v) is 7.09. The average Bonchev–Trinajstić information content (AvgIpc) is 2.94. The molecule has 3 rings (SSSR count). The fourth-order valence-corrected chi connectivity index (χ4v) is 2.79. The zero-order chi connectivity index (χ0) is 14.8. The second-order valence-electron chi connectivity index (χ2n) is 5.32. The Labute approximate surface area is 122 Å². The monoisotopic (exact) mass is 289 g/mol.